The van der Waals surface area contributed by atoms with E-state index >= 15 is 0 Å². The van der Waals surface area contributed by atoms with Gasteiger partial charge in [0.1, 0.15) is 10.6 Å². The van der Waals surface area contributed by atoms with Crippen LogP contribution in [0.1, 0.15) is 20.8 Å². The van der Waals surface area contributed by atoms with E-state index in [9.17, 15) is 18.5 Å². The molecule has 28 heavy (non-hydrogen) atoms. The number of para-hydroxylation sites is 2. The van der Waals surface area contributed by atoms with Crippen molar-refractivity contribution in [3.8, 4) is 5.75 Å². The third kappa shape index (κ3) is 4.97. The van der Waals surface area contributed by atoms with E-state index in [0.29, 0.717) is 5.75 Å². The number of benzene rings is 2. The Hall–Kier alpha value is -3.14. The number of nitro groups is 1. The second kappa shape index (κ2) is 8.70. The highest BCUT2D eigenvalue weighted by molar-refractivity contribution is 7.93. The van der Waals surface area contributed by atoms with E-state index in [-0.39, 0.29) is 27.9 Å². The van der Waals surface area contributed by atoms with Crippen molar-refractivity contribution in [3.05, 3.63) is 52.6 Å². The fourth-order valence-corrected chi connectivity index (χ4v) is 3.39. The highest BCUT2D eigenvalue weighted by Gasteiger charge is 2.23. The highest BCUT2D eigenvalue weighted by atomic mass is 32.2. The Morgan fingerprint density at radius 1 is 1.18 bits per heavy atom. The number of non-ortho nitro benzene ring substituents is 1. The molecule has 0 atom stereocenters. The largest absolute Gasteiger partial charge is 0.495 e. The normalized spacial score (nSPS) is 12.0. The molecule has 2 rings (SSSR count). The zero-order valence-electron chi connectivity index (χ0n) is 16.0. The van der Waals surface area contributed by atoms with Gasteiger partial charge in [0.2, 0.25) is 0 Å². The summed E-state index contributed by atoms with van der Waals surface area (Å²) in [5, 5.41) is 15.3. The van der Waals surface area contributed by atoms with Gasteiger partial charge in [-0.25, -0.2) is 8.42 Å². The molecule has 0 aromatic heterocycles. The van der Waals surface area contributed by atoms with Gasteiger partial charge in [0.15, 0.2) is 0 Å². The molecule has 2 N–H and O–H groups in total. The summed E-state index contributed by atoms with van der Waals surface area (Å²) in [6, 6.07) is 9.98. The Labute approximate surface area is 163 Å². The van der Waals surface area contributed by atoms with Gasteiger partial charge >= 0.3 is 0 Å². The summed E-state index contributed by atoms with van der Waals surface area (Å²) in [5.74, 6) is 0.469. The fourth-order valence-electron chi connectivity index (χ4n) is 2.15. The summed E-state index contributed by atoms with van der Waals surface area (Å²) in [4.78, 5) is 10.2. The van der Waals surface area contributed by atoms with Crippen LogP contribution >= 0.6 is 0 Å². The lowest BCUT2D eigenvalue weighted by atomic mass is 10.1. The topological polar surface area (TPSA) is 123 Å². The molecule has 0 unspecified atom stereocenters. The van der Waals surface area contributed by atoms with Crippen molar-refractivity contribution in [2.24, 2.45) is 11.0 Å². The van der Waals surface area contributed by atoms with Crippen LogP contribution in [0.5, 0.6) is 5.75 Å². The lowest BCUT2D eigenvalue weighted by Crippen LogP contribution is -2.16. The molecule has 10 heteroatoms. The number of ether oxygens (including phenoxy) is 1. The molecule has 0 saturated carbocycles. The molecule has 0 aliphatic carbocycles. The van der Waals surface area contributed by atoms with E-state index in [1.165, 1.54) is 25.3 Å². The number of nitro benzene ring substituents is 1. The number of hydrogen-bond donors (Lipinski definition) is 2. The van der Waals surface area contributed by atoms with E-state index < -0.39 is 14.9 Å². The monoisotopic (exact) mass is 406 g/mol. The first-order valence-electron chi connectivity index (χ1n) is 8.40. The number of hydrazone groups is 1. The highest BCUT2D eigenvalue weighted by Crippen LogP contribution is 2.31. The Kier molecular flexibility index (Phi) is 6.57. The van der Waals surface area contributed by atoms with Crippen molar-refractivity contribution in [2.75, 3.05) is 17.3 Å². The second-order valence-electron chi connectivity index (χ2n) is 6.26. The fraction of sp³-hybridized carbons (Fsp3) is 0.278. The van der Waals surface area contributed by atoms with Gasteiger partial charge in [0.25, 0.3) is 15.7 Å². The van der Waals surface area contributed by atoms with Gasteiger partial charge in [0, 0.05) is 17.8 Å². The van der Waals surface area contributed by atoms with Crippen molar-refractivity contribution in [3.63, 3.8) is 0 Å². The number of anilines is 2. The molecule has 2 aromatic rings. The van der Waals surface area contributed by atoms with E-state index in [4.69, 9.17) is 4.74 Å². The first kappa shape index (κ1) is 21.2. The van der Waals surface area contributed by atoms with E-state index in [1.54, 1.807) is 25.1 Å². The molecular weight excluding hydrogens is 384 g/mol. The molecule has 0 spiro atoms. The Balaban J connectivity index is 2.51. The smallest absolute Gasteiger partial charge is 0.270 e. The molecule has 0 aliphatic heterocycles. The lowest BCUT2D eigenvalue weighted by Gasteiger charge is -2.14. The first-order chi connectivity index (χ1) is 13.2. The van der Waals surface area contributed by atoms with Crippen LogP contribution in [0.15, 0.2) is 52.5 Å². The predicted molar refractivity (Wildman–Crippen MR) is 108 cm³/mol. The van der Waals surface area contributed by atoms with Crippen molar-refractivity contribution in [1.82, 2.24) is 0 Å². The molecule has 9 nitrogen and oxygen atoms in total. The number of methoxy groups -OCH3 is 1. The van der Waals surface area contributed by atoms with Crippen LogP contribution in [0.4, 0.5) is 17.1 Å². The maximum Gasteiger partial charge on any atom is 0.270 e. The molecule has 2 aromatic carbocycles. The minimum Gasteiger partial charge on any atom is -0.495 e. The third-order valence-electron chi connectivity index (χ3n) is 4.01. The lowest BCUT2D eigenvalue weighted by molar-refractivity contribution is -0.385. The molecule has 0 radical (unpaired) electrons. The summed E-state index contributed by atoms with van der Waals surface area (Å²) in [7, 11) is -2.75. The van der Waals surface area contributed by atoms with E-state index in [0.717, 1.165) is 11.8 Å². The van der Waals surface area contributed by atoms with Gasteiger partial charge in [-0.1, -0.05) is 26.0 Å². The third-order valence-corrected chi connectivity index (χ3v) is 5.41. The van der Waals surface area contributed by atoms with E-state index in [2.05, 4.69) is 15.2 Å². The average molecular weight is 406 g/mol. The SMILES string of the molecule is COc1ccccc1NS(=O)(=O)c1cc([N+](=O)[O-])ccc1N/N=C(/C)C(C)C. The molecule has 0 aliphatic rings. The van der Waals surface area contributed by atoms with Crippen LogP contribution in [0.2, 0.25) is 0 Å². The van der Waals surface area contributed by atoms with Crippen LogP contribution in [0.3, 0.4) is 0 Å². The van der Waals surface area contributed by atoms with Gasteiger partial charge < -0.3 is 4.74 Å². The summed E-state index contributed by atoms with van der Waals surface area (Å²) in [5.41, 5.74) is 3.42. The number of nitrogens with one attached hydrogen (secondary N) is 2. The minimum absolute atomic E-state index is 0.119. The van der Waals surface area contributed by atoms with Crippen molar-refractivity contribution in [1.29, 1.82) is 0 Å². The van der Waals surface area contributed by atoms with Gasteiger partial charge in [-0.15, -0.1) is 0 Å². The average Bonchev–Trinajstić information content (AvgIpc) is 2.65. The van der Waals surface area contributed by atoms with Crippen molar-refractivity contribution in [2.45, 2.75) is 25.7 Å². The van der Waals surface area contributed by atoms with Crippen molar-refractivity contribution >= 4 is 32.8 Å². The van der Waals surface area contributed by atoms with Gasteiger partial charge in [-0.3, -0.25) is 20.3 Å². The Morgan fingerprint density at radius 3 is 2.46 bits per heavy atom. The van der Waals surface area contributed by atoms with Crippen molar-refractivity contribution < 1.29 is 18.1 Å². The minimum atomic E-state index is -4.17. The van der Waals surface area contributed by atoms with Gasteiger partial charge in [-0.05, 0) is 31.0 Å². The Bertz CT molecular complexity index is 1000. The quantitative estimate of drug-likeness (QED) is 0.390. The first-order valence-corrected chi connectivity index (χ1v) is 9.88. The number of sulfonamides is 1. The summed E-state index contributed by atoms with van der Waals surface area (Å²) in [6.45, 7) is 5.68. The molecule has 0 heterocycles. The predicted octanol–water partition coefficient (Wildman–Crippen LogP) is 3.85. The zero-order valence-corrected chi connectivity index (χ0v) is 16.8. The molecule has 0 saturated heterocycles. The number of rotatable bonds is 8. The van der Waals surface area contributed by atoms with Gasteiger partial charge in [0.05, 0.1) is 23.4 Å². The number of nitrogens with zero attached hydrogens (tertiary/aromatic N) is 2. The Morgan fingerprint density at radius 2 is 1.86 bits per heavy atom. The van der Waals surface area contributed by atoms with Crippen LogP contribution < -0.4 is 14.9 Å². The van der Waals surface area contributed by atoms with Crippen LogP contribution in [0, 0.1) is 16.0 Å². The van der Waals surface area contributed by atoms with Crippen LogP contribution in [-0.2, 0) is 10.0 Å². The standard InChI is InChI=1S/C18H22N4O5S/c1-12(2)13(3)19-20-16-10-9-14(22(23)24)11-18(16)28(25,26)21-15-7-5-6-8-17(15)27-4/h5-12,20-21H,1-4H3/b19-13-. The molecular formula is C18H22N4O5S. The summed E-state index contributed by atoms with van der Waals surface area (Å²) in [6.07, 6.45) is 0. The molecule has 0 bridgehead atoms. The van der Waals surface area contributed by atoms with E-state index in [1.807, 2.05) is 13.8 Å². The van der Waals surface area contributed by atoms with Gasteiger partial charge in [-0.2, -0.15) is 5.10 Å². The maximum atomic E-state index is 13.0. The summed E-state index contributed by atoms with van der Waals surface area (Å²) >= 11 is 0. The van der Waals surface area contributed by atoms with Crippen LogP contribution in [-0.4, -0.2) is 26.2 Å². The summed E-state index contributed by atoms with van der Waals surface area (Å²) < 4.78 is 33.5. The maximum absolute atomic E-state index is 13.0. The zero-order chi connectivity index (χ0) is 20.9. The van der Waals surface area contributed by atoms with Crippen LogP contribution in [0.25, 0.3) is 0 Å². The molecule has 150 valence electrons. The molecule has 0 amide bonds. The molecule has 0 fully saturated rings. The second-order valence-corrected chi connectivity index (χ2v) is 7.91. The number of hydrogen-bond acceptors (Lipinski definition) is 7.